The minimum atomic E-state index is -0.194. The van der Waals surface area contributed by atoms with Gasteiger partial charge >= 0.3 is 0 Å². The highest BCUT2D eigenvalue weighted by atomic mass is 79.9. The Labute approximate surface area is 164 Å². The Morgan fingerprint density at radius 2 is 1.93 bits per heavy atom. The van der Waals surface area contributed by atoms with Gasteiger partial charge in [0.1, 0.15) is 11.3 Å². The highest BCUT2D eigenvalue weighted by Crippen LogP contribution is 2.32. The Morgan fingerprint density at radius 1 is 1.07 bits per heavy atom. The molecule has 0 radical (unpaired) electrons. The van der Waals surface area contributed by atoms with Crippen molar-refractivity contribution in [3.8, 4) is 17.2 Å². The van der Waals surface area contributed by atoms with Gasteiger partial charge in [0.05, 0.1) is 12.7 Å². The lowest BCUT2D eigenvalue weighted by molar-refractivity contribution is 0.102. The number of methoxy groups -OCH3 is 1. The summed E-state index contributed by atoms with van der Waals surface area (Å²) in [6.07, 6.45) is 0. The Balaban J connectivity index is 1.64. The van der Waals surface area contributed by atoms with Crippen LogP contribution < -0.4 is 10.1 Å². The van der Waals surface area contributed by atoms with Crippen LogP contribution in [0, 0.1) is 0 Å². The molecule has 0 spiro atoms. The van der Waals surface area contributed by atoms with E-state index in [4.69, 9.17) is 9.15 Å². The molecule has 0 aliphatic rings. The molecule has 3 aromatic carbocycles. The molecule has 1 amide bonds. The lowest BCUT2D eigenvalue weighted by Gasteiger charge is -2.05. The maximum atomic E-state index is 12.4. The van der Waals surface area contributed by atoms with Crippen molar-refractivity contribution >= 4 is 38.6 Å². The Hall–Kier alpha value is -3.12. The van der Waals surface area contributed by atoms with Crippen molar-refractivity contribution in [3.63, 3.8) is 0 Å². The molecular formula is C21H15BrN2O3. The quantitative estimate of drug-likeness (QED) is 0.470. The fourth-order valence-electron chi connectivity index (χ4n) is 2.77. The van der Waals surface area contributed by atoms with E-state index in [1.165, 1.54) is 0 Å². The summed E-state index contributed by atoms with van der Waals surface area (Å²) in [4.78, 5) is 16.9. The molecular weight excluding hydrogens is 408 g/mol. The minimum absolute atomic E-state index is 0.194. The van der Waals surface area contributed by atoms with E-state index in [1.54, 1.807) is 31.4 Å². The van der Waals surface area contributed by atoms with E-state index in [9.17, 15) is 4.79 Å². The molecule has 5 nitrogen and oxygen atoms in total. The number of amides is 1. The number of halogens is 1. The predicted molar refractivity (Wildman–Crippen MR) is 108 cm³/mol. The van der Waals surface area contributed by atoms with Gasteiger partial charge < -0.3 is 14.5 Å². The van der Waals surface area contributed by atoms with Crippen LogP contribution in [0.4, 0.5) is 5.69 Å². The normalized spacial score (nSPS) is 10.7. The number of fused-ring (bicyclic) bond motifs is 1. The number of aromatic nitrogens is 1. The van der Waals surface area contributed by atoms with Crippen molar-refractivity contribution in [3.05, 3.63) is 76.8 Å². The molecule has 0 saturated carbocycles. The van der Waals surface area contributed by atoms with Gasteiger partial charge in [-0.15, -0.1) is 0 Å². The average Bonchev–Trinajstić information content (AvgIpc) is 3.11. The van der Waals surface area contributed by atoms with Crippen LogP contribution in [-0.4, -0.2) is 18.0 Å². The fourth-order valence-corrected chi connectivity index (χ4v) is 3.17. The first-order valence-electron chi connectivity index (χ1n) is 8.25. The number of ether oxygens (including phenoxy) is 1. The van der Waals surface area contributed by atoms with Crippen molar-refractivity contribution in [2.45, 2.75) is 0 Å². The SMILES string of the molecule is COc1ccccc1-c1nc2ccc(NC(=O)c3cccc(Br)c3)cc2o1. The Kier molecular flexibility index (Phi) is 4.64. The van der Waals surface area contributed by atoms with E-state index in [0.717, 1.165) is 10.0 Å². The number of anilines is 1. The smallest absolute Gasteiger partial charge is 0.255 e. The zero-order valence-corrected chi connectivity index (χ0v) is 16.0. The second-order valence-corrected chi connectivity index (χ2v) is 6.78. The van der Waals surface area contributed by atoms with E-state index in [-0.39, 0.29) is 5.91 Å². The summed E-state index contributed by atoms with van der Waals surface area (Å²) in [6.45, 7) is 0. The topological polar surface area (TPSA) is 64.4 Å². The molecule has 4 rings (SSSR count). The minimum Gasteiger partial charge on any atom is -0.496 e. The summed E-state index contributed by atoms with van der Waals surface area (Å²) in [5.74, 6) is 0.963. The molecule has 0 aliphatic heterocycles. The third kappa shape index (κ3) is 3.57. The van der Waals surface area contributed by atoms with Gasteiger partial charge in [-0.3, -0.25) is 4.79 Å². The molecule has 6 heteroatoms. The maximum Gasteiger partial charge on any atom is 0.255 e. The molecule has 0 unspecified atom stereocenters. The number of nitrogens with one attached hydrogen (secondary N) is 1. The van der Waals surface area contributed by atoms with Crippen LogP contribution in [0.2, 0.25) is 0 Å². The van der Waals surface area contributed by atoms with Crippen LogP contribution in [0.25, 0.3) is 22.6 Å². The zero-order chi connectivity index (χ0) is 18.8. The number of benzene rings is 3. The van der Waals surface area contributed by atoms with Gasteiger partial charge in [0.2, 0.25) is 5.89 Å². The number of para-hydroxylation sites is 1. The molecule has 0 atom stereocenters. The van der Waals surface area contributed by atoms with Crippen molar-refractivity contribution in [2.24, 2.45) is 0 Å². The van der Waals surface area contributed by atoms with Crippen molar-refractivity contribution in [1.29, 1.82) is 0 Å². The molecule has 1 heterocycles. The van der Waals surface area contributed by atoms with Gasteiger partial charge in [0.25, 0.3) is 5.91 Å². The molecule has 0 saturated heterocycles. The summed E-state index contributed by atoms with van der Waals surface area (Å²) in [7, 11) is 1.61. The number of hydrogen-bond acceptors (Lipinski definition) is 4. The number of carbonyl (C=O) groups excluding carboxylic acids is 1. The third-order valence-corrected chi connectivity index (χ3v) is 4.56. The van der Waals surface area contributed by atoms with Crippen LogP contribution in [-0.2, 0) is 0 Å². The van der Waals surface area contributed by atoms with Crippen LogP contribution in [0.5, 0.6) is 5.75 Å². The summed E-state index contributed by atoms with van der Waals surface area (Å²) in [5.41, 5.74) is 3.27. The van der Waals surface area contributed by atoms with Gasteiger partial charge in [0.15, 0.2) is 5.58 Å². The molecule has 1 aromatic heterocycles. The summed E-state index contributed by atoms with van der Waals surface area (Å²) < 4.78 is 12.1. The monoisotopic (exact) mass is 422 g/mol. The van der Waals surface area contributed by atoms with E-state index < -0.39 is 0 Å². The molecule has 0 fully saturated rings. The van der Waals surface area contributed by atoms with Crippen LogP contribution in [0.1, 0.15) is 10.4 Å². The first-order chi connectivity index (χ1) is 13.1. The van der Waals surface area contributed by atoms with Crippen LogP contribution >= 0.6 is 15.9 Å². The third-order valence-electron chi connectivity index (χ3n) is 4.07. The molecule has 0 aliphatic carbocycles. The number of carbonyl (C=O) groups is 1. The standard InChI is InChI=1S/C21H15BrN2O3/c1-26-18-8-3-2-7-16(18)21-24-17-10-9-15(12-19(17)27-21)23-20(25)13-5-4-6-14(22)11-13/h2-12H,1H3,(H,23,25). The van der Waals surface area contributed by atoms with E-state index in [0.29, 0.717) is 34.0 Å². The highest BCUT2D eigenvalue weighted by Gasteiger charge is 2.14. The molecule has 1 N–H and O–H groups in total. The van der Waals surface area contributed by atoms with Crippen molar-refractivity contribution < 1.29 is 13.9 Å². The lowest BCUT2D eigenvalue weighted by Crippen LogP contribution is -2.11. The van der Waals surface area contributed by atoms with E-state index in [2.05, 4.69) is 26.2 Å². The summed E-state index contributed by atoms with van der Waals surface area (Å²) in [6, 6.07) is 20.1. The van der Waals surface area contributed by atoms with Crippen LogP contribution in [0.3, 0.4) is 0 Å². The lowest BCUT2D eigenvalue weighted by atomic mass is 10.2. The van der Waals surface area contributed by atoms with Gasteiger partial charge in [-0.25, -0.2) is 4.98 Å². The second kappa shape index (κ2) is 7.25. The first kappa shape index (κ1) is 17.3. The van der Waals surface area contributed by atoms with Gasteiger partial charge in [-0.2, -0.15) is 0 Å². The van der Waals surface area contributed by atoms with Crippen LogP contribution in [0.15, 0.2) is 75.6 Å². The second-order valence-electron chi connectivity index (χ2n) is 5.87. The maximum absolute atomic E-state index is 12.4. The Bertz CT molecular complexity index is 1140. The molecule has 0 bridgehead atoms. The predicted octanol–water partition coefficient (Wildman–Crippen LogP) is 5.52. The van der Waals surface area contributed by atoms with Gasteiger partial charge in [-0.05, 0) is 42.5 Å². The summed E-state index contributed by atoms with van der Waals surface area (Å²) >= 11 is 3.37. The van der Waals surface area contributed by atoms with Gasteiger partial charge in [0, 0.05) is 21.8 Å². The van der Waals surface area contributed by atoms with E-state index in [1.807, 2.05) is 42.5 Å². The summed E-state index contributed by atoms with van der Waals surface area (Å²) in [5, 5.41) is 2.88. The number of rotatable bonds is 4. The van der Waals surface area contributed by atoms with Gasteiger partial charge in [-0.1, -0.05) is 34.1 Å². The zero-order valence-electron chi connectivity index (χ0n) is 14.4. The highest BCUT2D eigenvalue weighted by molar-refractivity contribution is 9.10. The largest absolute Gasteiger partial charge is 0.496 e. The van der Waals surface area contributed by atoms with Crippen molar-refractivity contribution in [1.82, 2.24) is 4.98 Å². The van der Waals surface area contributed by atoms with Crippen molar-refractivity contribution in [2.75, 3.05) is 12.4 Å². The number of oxazole rings is 1. The molecule has 134 valence electrons. The molecule has 27 heavy (non-hydrogen) atoms. The fraction of sp³-hybridized carbons (Fsp3) is 0.0476. The number of nitrogens with zero attached hydrogens (tertiary/aromatic N) is 1. The Morgan fingerprint density at radius 3 is 2.74 bits per heavy atom. The number of hydrogen-bond donors (Lipinski definition) is 1. The first-order valence-corrected chi connectivity index (χ1v) is 9.04. The van der Waals surface area contributed by atoms with E-state index >= 15 is 0 Å². The molecule has 4 aromatic rings. The average molecular weight is 423 g/mol.